The predicted molar refractivity (Wildman–Crippen MR) is 92.6 cm³/mol. The van der Waals surface area contributed by atoms with Gasteiger partial charge in [-0.2, -0.15) is 5.10 Å². The second kappa shape index (κ2) is 6.49. The normalized spacial score (nSPS) is 11.0. The number of hydrogen-bond donors (Lipinski definition) is 1. The van der Waals surface area contributed by atoms with Gasteiger partial charge >= 0.3 is 0 Å². The smallest absolute Gasteiger partial charge is 0.280 e. The van der Waals surface area contributed by atoms with E-state index in [1.165, 1.54) is 34.1 Å². The van der Waals surface area contributed by atoms with Crippen LogP contribution in [-0.2, 0) is 0 Å². The van der Waals surface area contributed by atoms with Crippen molar-refractivity contribution < 1.29 is 9.72 Å². The fourth-order valence-corrected chi connectivity index (χ4v) is 3.50. The summed E-state index contributed by atoms with van der Waals surface area (Å²) in [5.74, 6) is -0.340. The van der Waals surface area contributed by atoms with Crippen molar-refractivity contribution in [1.29, 1.82) is 0 Å². The van der Waals surface area contributed by atoms with Crippen molar-refractivity contribution in [1.82, 2.24) is 14.8 Å². The topological polar surface area (TPSA) is 103 Å². The molecule has 0 unspecified atom stereocenters. The molecule has 0 aliphatic heterocycles. The molecule has 0 aromatic carbocycles. The first-order valence-corrected chi connectivity index (χ1v) is 8.75. The second-order valence-electron chi connectivity index (χ2n) is 5.19. The van der Waals surface area contributed by atoms with E-state index in [0.29, 0.717) is 21.4 Å². The van der Waals surface area contributed by atoms with Crippen molar-refractivity contribution in [3.8, 4) is 10.6 Å². The van der Waals surface area contributed by atoms with E-state index in [4.69, 9.17) is 0 Å². The van der Waals surface area contributed by atoms with Crippen LogP contribution in [0.25, 0.3) is 10.6 Å². The molecule has 1 amide bonds. The molecule has 0 fully saturated rings. The van der Waals surface area contributed by atoms with Gasteiger partial charge in [0.2, 0.25) is 0 Å². The molecule has 0 saturated carbocycles. The summed E-state index contributed by atoms with van der Waals surface area (Å²) in [5, 5.41) is 21.3. The van der Waals surface area contributed by atoms with Crippen LogP contribution in [0.15, 0.2) is 29.1 Å². The largest absolute Gasteiger partial charge is 0.296 e. The third kappa shape index (κ3) is 3.34. The van der Waals surface area contributed by atoms with Crippen LogP contribution in [0.1, 0.15) is 30.4 Å². The molecule has 0 radical (unpaired) electrons. The van der Waals surface area contributed by atoms with E-state index in [0.717, 1.165) is 0 Å². The molecule has 0 saturated heterocycles. The average molecular weight is 363 g/mol. The average Bonchev–Trinajstić information content (AvgIpc) is 3.26. The summed E-state index contributed by atoms with van der Waals surface area (Å²) in [7, 11) is 0. The summed E-state index contributed by atoms with van der Waals surface area (Å²) in [6.07, 6.45) is 1.75. The van der Waals surface area contributed by atoms with Gasteiger partial charge < -0.3 is 0 Å². The second-order valence-corrected chi connectivity index (χ2v) is 6.96. The molecule has 0 spiro atoms. The van der Waals surface area contributed by atoms with Crippen molar-refractivity contribution in [2.75, 3.05) is 5.32 Å². The van der Waals surface area contributed by atoms with Gasteiger partial charge in [0.25, 0.3) is 11.6 Å². The standard InChI is InChI=1S/C14H13N5O3S2/c1-8(2)18-4-3-10(17-18)13(20)16-14-15-11(7-24-14)12-5-9(6-23-12)19(21)22/h3-8H,1-2H3,(H,15,16,20). The molecule has 0 aliphatic carbocycles. The van der Waals surface area contributed by atoms with Crippen LogP contribution in [0.2, 0.25) is 0 Å². The van der Waals surface area contributed by atoms with Crippen molar-refractivity contribution in [3.63, 3.8) is 0 Å². The first kappa shape index (κ1) is 16.3. The number of aromatic nitrogens is 3. The maximum Gasteiger partial charge on any atom is 0.280 e. The van der Waals surface area contributed by atoms with Crippen LogP contribution in [0.4, 0.5) is 10.8 Å². The van der Waals surface area contributed by atoms with E-state index >= 15 is 0 Å². The third-order valence-electron chi connectivity index (χ3n) is 3.14. The fourth-order valence-electron chi connectivity index (χ4n) is 1.91. The van der Waals surface area contributed by atoms with Gasteiger partial charge in [0.05, 0.1) is 20.9 Å². The molecule has 0 aliphatic rings. The number of nitrogens with zero attached hydrogens (tertiary/aromatic N) is 4. The minimum absolute atomic E-state index is 0.0350. The molecule has 24 heavy (non-hydrogen) atoms. The first-order valence-electron chi connectivity index (χ1n) is 6.99. The lowest BCUT2D eigenvalue weighted by molar-refractivity contribution is -0.384. The number of carbonyl (C=O) groups is 1. The molecular weight excluding hydrogens is 350 g/mol. The van der Waals surface area contributed by atoms with Crippen LogP contribution >= 0.6 is 22.7 Å². The van der Waals surface area contributed by atoms with E-state index in [9.17, 15) is 14.9 Å². The Morgan fingerprint density at radius 2 is 2.17 bits per heavy atom. The van der Waals surface area contributed by atoms with Crippen molar-refractivity contribution in [2.24, 2.45) is 0 Å². The highest BCUT2D eigenvalue weighted by atomic mass is 32.1. The van der Waals surface area contributed by atoms with E-state index in [-0.39, 0.29) is 17.6 Å². The molecule has 124 valence electrons. The predicted octanol–water partition coefficient (Wildman–Crippen LogP) is 3.81. The fraction of sp³-hybridized carbons (Fsp3) is 0.214. The maximum atomic E-state index is 12.2. The number of thiophene rings is 1. The number of amides is 1. The highest BCUT2D eigenvalue weighted by molar-refractivity contribution is 7.16. The SMILES string of the molecule is CC(C)n1ccc(C(=O)Nc2nc(-c3cc([N+](=O)[O-])cs3)cs2)n1. The van der Waals surface area contributed by atoms with Gasteiger partial charge in [-0.25, -0.2) is 4.98 Å². The molecule has 1 N–H and O–H groups in total. The summed E-state index contributed by atoms with van der Waals surface area (Å²) in [5.41, 5.74) is 0.945. The molecule has 3 rings (SSSR count). The lowest BCUT2D eigenvalue weighted by Crippen LogP contribution is -2.13. The van der Waals surface area contributed by atoms with Gasteiger partial charge in [0, 0.05) is 23.7 Å². The summed E-state index contributed by atoms with van der Waals surface area (Å²) in [6.45, 7) is 3.95. The number of carbonyl (C=O) groups excluding carboxylic acids is 1. The Labute approximate surface area is 144 Å². The molecule has 3 aromatic heterocycles. The van der Waals surface area contributed by atoms with E-state index < -0.39 is 4.92 Å². The quantitative estimate of drug-likeness (QED) is 0.548. The Balaban J connectivity index is 1.73. The molecular formula is C14H13N5O3S2. The highest BCUT2D eigenvalue weighted by Gasteiger charge is 2.16. The van der Waals surface area contributed by atoms with E-state index in [1.807, 2.05) is 13.8 Å². The van der Waals surface area contributed by atoms with Gasteiger partial charge in [0.1, 0.15) is 0 Å². The van der Waals surface area contributed by atoms with E-state index in [1.54, 1.807) is 22.3 Å². The monoisotopic (exact) mass is 363 g/mol. The summed E-state index contributed by atoms with van der Waals surface area (Å²) >= 11 is 2.50. The molecule has 0 atom stereocenters. The zero-order valence-corrected chi connectivity index (χ0v) is 14.4. The molecule has 0 bridgehead atoms. The molecule has 10 heteroatoms. The van der Waals surface area contributed by atoms with Gasteiger partial charge in [-0.1, -0.05) is 0 Å². The van der Waals surface area contributed by atoms with Crippen LogP contribution in [-0.4, -0.2) is 25.6 Å². The van der Waals surface area contributed by atoms with Gasteiger partial charge in [0.15, 0.2) is 10.8 Å². The van der Waals surface area contributed by atoms with Crippen LogP contribution < -0.4 is 5.32 Å². The Bertz CT molecular complexity index is 896. The third-order valence-corrected chi connectivity index (χ3v) is 4.84. The maximum absolute atomic E-state index is 12.2. The molecule has 3 aromatic rings. The zero-order chi connectivity index (χ0) is 17.3. The van der Waals surface area contributed by atoms with Crippen LogP contribution in [0.3, 0.4) is 0 Å². The minimum Gasteiger partial charge on any atom is -0.296 e. The minimum atomic E-state index is -0.444. The number of nitrogens with one attached hydrogen (secondary N) is 1. The highest BCUT2D eigenvalue weighted by Crippen LogP contribution is 2.32. The number of hydrogen-bond acceptors (Lipinski definition) is 7. The van der Waals surface area contributed by atoms with Gasteiger partial charge in [-0.15, -0.1) is 22.7 Å². The van der Waals surface area contributed by atoms with Gasteiger partial charge in [-0.05, 0) is 19.9 Å². The zero-order valence-electron chi connectivity index (χ0n) is 12.8. The van der Waals surface area contributed by atoms with Gasteiger partial charge in [-0.3, -0.25) is 24.9 Å². The van der Waals surface area contributed by atoms with E-state index in [2.05, 4.69) is 15.4 Å². The Hall–Kier alpha value is -2.59. The summed E-state index contributed by atoms with van der Waals surface area (Å²) in [4.78, 5) is 27.5. The first-order chi connectivity index (χ1) is 11.4. The van der Waals surface area contributed by atoms with Crippen molar-refractivity contribution in [3.05, 3.63) is 44.9 Å². The molecule has 3 heterocycles. The van der Waals surface area contributed by atoms with Crippen molar-refractivity contribution in [2.45, 2.75) is 19.9 Å². The lowest BCUT2D eigenvalue weighted by Gasteiger charge is -2.03. The number of anilines is 1. The van der Waals surface area contributed by atoms with Crippen molar-refractivity contribution >= 4 is 39.4 Å². The number of nitro groups is 1. The number of rotatable bonds is 5. The Morgan fingerprint density at radius 3 is 2.79 bits per heavy atom. The lowest BCUT2D eigenvalue weighted by atomic mass is 10.3. The molecule has 8 nitrogen and oxygen atoms in total. The summed E-state index contributed by atoms with van der Waals surface area (Å²) in [6, 6.07) is 3.29. The Kier molecular flexibility index (Phi) is 4.40. The number of thiazole rings is 1. The Morgan fingerprint density at radius 1 is 1.38 bits per heavy atom. The summed E-state index contributed by atoms with van der Waals surface area (Å²) < 4.78 is 1.70. The van der Waals surface area contributed by atoms with Crippen LogP contribution in [0.5, 0.6) is 0 Å². The van der Waals surface area contributed by atoms with Crippen LogP contribution in [0, 0.1) is 10.1 Å².